The molecular weight excluding hydrogens is 316 g/mol. The predicted molar refractivity (Wildman–Crippen MR) is 97.9 cm³/mol. The monoisotopic (exact) mass is 346 g/mol. The van der Waals surface area contributed by atoms with Crippen LogP contribution in [-0.2, 0) is 16.0 Å². The molecule has 0 N–H and O–H groups in total. The highest BCUT2D eigenvalue weighted by Crippen LogP contribution is 2.23. The number of carbonyl (C=O) groups excluding carboxylic acids is 1. The Morgan fingerprint density at radius 2 is 1.80 bits per heavy atom. The molecule has 0 spiro atoms. The van der Waals surface area contributed by atoms with E-state index >= 15 is 0 Å². The molecule has 1 amide bonds. The molecule has 5 heteroatoms. The molecule has 2 saturated heterocycles. The minimum atomic E-state index is 0.227. The molecule has 5 nitrogen and oxygen atoms in total. The molecule has 25 heavy (non-hydrogen) atoms. The first-order chi connectivity index (χ1) is 12.2. The molecule has 1 aromatic rings. The first-order valence-corrected chi connectivity index (χ1v) is 9.37. The summed E-state index contributed by atoms with van der Waals surface area (Å²) in [6.45, 7) is 4.00. The summed E-state index contributed by atoms with van der Waals surface area (Å²) in [6.07, 6.45) is 5.32. The molecular formula is C20H30N2O3. The van der Waals surface area contributed by atoms with Gasteiger partial charge in [0.15, 0.2) is 0 Å². The Morgan fingerprint density at radius 3 is 2.44 bits per heavy atom. The van der Waals surface area contributed by atoms with Gasteiger partial charge in [-0.3, -0.25) is 4.79 Å². The second-order valence-corrected chi connectivity index (χ2v) is 7.11. The Balaban J connectivity index is 1.46. The Labute approximate surface area is 150 Å². The molecule has 2 aliphatic rings. The van der Waals surface area contributed by atoms with Gasteiger partial charge in [0.05, 0.1) is 19.6 Å². The summed E-state index contributed by atoms with van der Waals surface area (Å²) in [5.41, 5.74) is 1.02. The van der Waals surface area contributed by atoms with E-state index in [-0.39, 0.29) is 5.91 Å². The second-order valence-electron chi connectivity index (χ2n) is 7.11. The lowest BCUT2D eigenvalue weighted by Crippen LogP contribution is -2.50. The zero-order chi connectivity index (χ0) is 17.6. The van der Waals surface area contributed by atoms with Crippen molar-refractivity contribution in [2.75, 3.05) is 40.4 Å². The van der Waals surface area contributed by atoms with E-state index in [0.717, 1.165) is 63.2 Å². The van der Waals surface area contributed by atoms with Crippen LogP contribution in [0.25, 0.3) is 0 Å². The van der Waals surface area contributed by atoms with Crippen molar-refractivity contribution in [3.05, 3.63) is 29.8 Å². The van der Waals surface area contributed by atoms with E-state index in [1.165, 1.54) is 0 Å². The highest BCUT2D eigenvalue weighted by atomic mass is 16.5. The Bertz CT molecular complexity index is 562. The quantitative estimate of drug-likeness (QED) is 0.821. The molecule has 2 aliphatic heterocycles. The van der Waals surface area contributed by atoms with Crippen LogP contribution >= 0.6 is 0 Å². The molecule has 3 rings (SSSR count). The first kappa shape index (κ1) is 18.2. The molecule has 2 fully saturated rings. The topological polar surface area (TPSA) is 42.0 Å². The van der Waals surface area contributed by atoms with Crippen molar-refractivity contribution in [1.29, 1.82) is 0 Å². The molecule has 0 atom stereocenters. The van der Waals surface area contributed by atoms with Crippen LogP contribution in [-0.4, -0.2) is 68.3 Å². The smallest absolute Gasteiger partial charge is 0.226 e. The number of nitrogens with zero attached hydrogens (tertiary/aromatic N) is 2. The van der Waals surface area contributed by atoms with E-state index < -0.39 is 0 Å². The molecule has 0 unspecified atom stereocenters. The van der Waals surface area contributed by atoms with Crippen molar-refractivity contribution in [3.8, 4) is 5.75 Å². The van der Waals surface area contributed by atoms with Gasteiger partial charge in [-0.15, -0.1) is 0 Å². The van der Waals surface area contributed by atoms with Crippen molar-refractivity contribution >= 4 is 5.91 Å². The fourth-order valence-electron chi connectivity index (χ4n) is 4.03. The van der Waals surface area contributed by atoms with Gasteiger partial charge in [-0.25, -0.2) is 0 Å². The zero-order valence-corrected chi connectivity index (χ0v) is 15.4. The number of amides is 1. The van der Waals surface area contributed by atoms with Gasteiger partial charge in [-0.1, -0.05) is 12.1 Å². The number of carbonyl (C=O) groups is 1. The maximum absolute atomic E-state index is 12.6. The average Bonchev–Trinajstić information content (AvgIpc) is 2.68. The largest absolute Gasteiger partial charge is 0.497 e. The SMILES string of the molecule is COc1cccc(CC(=O)N2CCC(N3CCC(OC)CC3)CC2)c1. The summed E-state index contributed by atoms with van der Waals surface area (Å²) in [7, 11) is 3.47. The number of piperidine rings is 2. The van der Waals surface area contributed by atoms with Gasteiger partial charge in [-0.05, 0) is 43.4 Å². The average molecular weight is 346 g/mol. The summed E-state index contributed by atoms with van der Waals surface area (Å²) < 4.78 is 10.7. The number of hydrogen-bond acceptors (Lipinski definition) is 4. The van der Waals surface area contributed by atoms with Gasteiger partial charge in [0.2, 0.25) is 5.91 Å². The van der Waals surface area contributed by atoms with Gasteiger partial charge < -0.3 is 19.3 Å². The first-order valence-electron chi connectivity index (χ1n) is 9.37. The van der Waals surface area contributed by atoms with E-state index in [9.17, 15) is 4.79 Å². The predicted octanol–water partition coefficient (Wildman–Crippen LogP) is 2.34. The maximum atomic E-state index is 12.6. The van der Waals surface area contributed by atoms with Crippen molar-refractivity contribution in [2.24, 2.45) is 0 Å². The third-order valence-electron chi connectivity index (χ3n) is 5.63. The van der Waals surface area contributed by atoms with Crippen LogP contribution < -0.4 is 4.74 Å². The van der Waals surface area contributed by atoms with Crippen LogP contribution in [0.15, 0.2) is 24.3 Å². The Kier molecular flexibility index (Phi) is 6.32. The Morgan fingerprint density at radius 1 is 1.08 bits per heavy atom. The van der Waals surface area contributed by atoms with Gasteiger partial charge >= 0.3 is 0 Å². The van der Waals surface area contributed by atoms with Crippen LogP contribution in [0.4, 0.5) is 0 Å². The van der Waals surface area contributed by atoms with Crippen molar-refractivity contribution in [3.63, 3.8) is 0 Å². The Hall–Kier alpha value is -1.59. The summed E-state index contributed by atoms with van der Waals surface area (Å²) >= 11 is 0. The molecule has 2 heterocycles. The van der Waals surface area contributed by atoms with Gasteiger partial charge in [0, 0.05) is 39.3 Å². The molecule has 1 aromatic carbocycles. The molecule has 0 aromatic heterocycles. The van der Waals surface area contributed by atoms with Crippen molar-refractivity contribution in [2.45, 2.75) is 44.2 Å². The van der Waals surface area contributed by atoms with Crippen molar-refractivity contribution < 1.29 is 14.3 Å². The summed E-state index contributed by atoms with van der Waals surface area (Å²) in [5.74, 6) is 1.04. The lowest BCUT2D eigenvalue weighted by molar-refractivity contribution is -0.132. The summed E-state index contributed by atoms with van der Waals surface area (Å²) in [6, 6.07) is 8.42. The highest BCUT2D eigenvalue weighted by Gasteiger charge is 2.29. The van der Waals surface area contributed by atoms with E-state index in [0.29, 0.717) is 18.6 Å². The number of benzene rings is 1. The van der Waals surface area contributed by atoms with Crippen LogP contribution in [0.1, 0.15) is 31.2 Å². The van der Waals surface area contributed by atoms with Gasteiger partial charge in [0.1, 0.15) is 5.75 Å². The fourth-order valence-corrected chi connectivity index (χ4v) is 4.03. The molecule has 0 bridgehead atoms. The van der Waals surface area contributed by atoms with Gasteiger partial charge in [-0.2, -0.15) is 0 Å². The van der Waals surface area contributed by atoms with E-state index in [4.69, 9.17) is 9.47 Å². The van der Waals surface area contributed by atoms with E-state index in [1.54, 1.807) is 7.11 Å². The van der Waals surface area contributed by atoms with Crippen LogP contribution in [0, 0.1) is 0 Å². The van der Waals surface area contributed by atoms with Crippen LogP contribution in [0.5, 0.6) is 5.75 Å². The summed E-state index contributed by atoms with van der Waals surface area (Å²) in [4.78, 5) is 17.2. The maximum Gasteiger partial charge on any atom is 0.226 e. The van der Waals surface area contributed by atoms with Crippen molar-refractivity contribution in [1.82, 2.24) is 9.80 Å². The molecule has 0 radical (unpaired) electrons. The molecule has 0 aliphatic carbocycles. The normalized spacial score (nSPS) is 20.6. The number of likely N-dealkylation sites (tertiary alicyclic amines) is 2. The number of hydrogen-bond donors (Lipinski definition) is 0. The molecule has 0 saturated carbocycles. The second kappa shape index (κ2) is 8.68. The van der Waals surface area contributed by atoms with Crippen LogP contribution in [0.3, 0.4) is 0 Å². The van der Waals surface area contributed by atoms with E-state index in [1.807, 2.05) is 36.3 Å². The number of ether oxygens (including phenoxy) is 2. The third kappa shape index (κ3) is 4.73. The minimum absolute atomic E-state index is 0.227. The number of rotatable bonds is 5. The van der Waals surface area contributed by atoms with Crippen LogP contribution in [0.2, 0.25) is 0 Å². The lowest BCUT2D eigenvalue weighted by atomic mass is 9.98. The fraction of sp³-hybridized carbons (Fsp3) is 0.650. The molecule has 138 valence electrons. The lowest BCUT2D eigenvalue weighted by Gasteiger charge is -2.41. The zero-order valence-electron chi connectivity index (χ0n) is 15.4. The standard InChI is InChI=1S/C20H30N2O3/c1-24-18-8-12-21(13-9-18)17-6-10-22(11-7-17)20(23)15-16-4-3-5-19(14-16)25-2/h3-5,14,17-18H,6-13,15H2,1-2H3. The minimum Gasteiger partial charge on any atom is -0.497 e. The summed E-state index contributed by atoms with van der Waals surface area (Å²) in [5, 5.41) is 0. The number of methoxy groups -OCH3 is 2. The van der Waals surface area contributed by atoms with E-state index in [2.05, 4.69) is 4.90 Å². The third-order valence-corrected chi connectivity index (χ3v) is 5.63. The highest BCUT2D eigenvalue weighted by molar-refractivity contribution is 5.79. The van der Waals surface area contributed by atoms with Gasteiger partial charge in [0.25, 0.3) is 0 Å².